The number of anilines is 1. The molecule has 0 aliphatic carbocycles. The standard InChI is InChI=1S/C19H18Cl2N2O2S/c1-11-6-12(2)17(15(21)7-11)22-18(24)16-9-26-10-23(16)19(25)13-4-3-5-14(20)8-13/h3-8,16H,9-10H2,1-2H3,(H,22,24). The molecule has 1 atom stereocenters. The van der Waals surface area contributed by atoms with Crippen LogP contribution < -0.4 is 5.32 Å². The van der Waals surface area contributed by atoms with E-state index in [0.29, 0.717) is 32.9 Å². The van der Waals surface area contributed by atoms with E-state index >= 15 is 0 Å². The second kappa shape index (κ2) is 7.91. The van der Waals surface area contributed by atoms with Crippen LogP contribution in [0.25, 0.3) is 0 Å². The van der Waals surface area contributed by atoms with Gasteiger partial charge in [0.25, 0.3) is 5.91 Å². The lowest BCUT2D eigenvalue weighted by molar-refractivity contribution is -0.119. The summed E-state index contributed by atoms with van der Waals surface area (Å²) in [7, 11) is 0. The zero-order valence-corrected chi connectivity index (χ0v) is 16.7. The molecule has 136 valence electrons. The number of nitrogens with one attached hydrogen (secondary N) is 1. The van der Waals surface area contributed by atoms with Gasteiger partial charge in [-0.05, 0) is 49.2 Å². The molecular weight excluding hydrogens is 391 g/mol. The average molecular weight is 409 g/mol. The molecule has 0 bridgehead atoms. The van der Waals surface area contributed by atoms with Crippen molar-refractivity contribution in [3.63, 3.8) is 0 Å². The quantitative estimate of drug-likeness (QED) is 0.795. The summed E-state index contributed by atoms with van der Waals surface area (Å²) < 4.78 is 0. The van der Waals surface area contributed by atoms with E-state index < -0.39 is 6.04 Å². The number of benzene rings is 2. The summed E-state index contributed by atoms with van der Waals surface area (Å²) >= 11 is 13.8. The first-order valence-corrected chi connectivity index (χ1v) is 10.00. The SMILES string of the molecule is Cc1cc(C)c(NC(=O)C2CSCN2C(=O)c2cccc(Cl)c2)c(Cl)c1. The fraction of sp³-hybridized carbons (Fsp3) is 0.263. The van der Waals surface area contributed by atoms with Gasteiger partial charge in [0, 0.05) is 16.3 Å². The second-order valence-electron chi connectivity index (χ2n) is 6.23. The van der Waals surface area contributed by atoms with Gasteiger partial charge in [-0.3, -0.25) is 9.59 Å². The maximum absolute atomic E-state index is 12.8. The van der Waals surface area contributed by atoms with E-state index in [9.17, 15) is 9.59 Å². The number of amides is 2. The summed E-state index contributed by atoms with van der Waals surface area (Å²) in [6, 6.07) is 9.97. The molecule has 3 rings (SSSR count). The largest absolute Gasteiger partial charge is 0.323 e. The Balaban J connectivity index is 1.80. The van der Waals surface area contributed by atoms with Crippen molar-refractivity contribution in [2.24, 2.45) is 0 Å². The number of carbonyl (C=O) groups is 2. The molecule has 1 heterocycles. The molecular formula is C19H18Cl2N2O2S. The summed E-state index contributed by atoms with van der Waals surface area (Å²) in [5.74, 6) is 0.564. The summed E-state index contributed by atoms with van der Waals surface area (Å²) in [5.41, 5.74) is 2.98. The molecule has 4 nitrogen and oxygen atoms in total. The zero-order valence-electron chi connectivity index (χ0n) is 14.4. The van der Waals surface area contributed by atoms with E-state index in [1.165, 1.54) is 0 Å². The number of hydrogen-bond acceptors (Lipinski definition) is 3. The lowest BCUT2D eigenvalue weighted by Gasteiger charge is -2.24. The first kappa shape index (κ1) is 19.1. The number of hydrogen-bond donors (Lipinski definition) is 1. The third-order valence-electron chi connectivity index (χ3n) is 4.20. The maximum Gasteiger partial charge on any atom is 0.255 e. The molecule has 0 radical (unpaired) electrons. The highest BCUT2D eigenvalue weighted by atomic mass is 35.5. The Morgan fingerprint density at radius 1 is 1.19 bits per heavy atom. The molecule has 1 N–H and O–H groups in total. The van der Waals surface area contributed by atoms with Crippen LogP contribution in [-0.2, 0) is 4.79 Å². The summed E-state index contributed by atoms with van der Waals surface area (Å²) in [4.78, 5) is 27.2. The highest BCUT2D eigenvalue weighted by Crippen LogP contribution is 2.30. The van der Waals surface area contributed by atoms with Crippen LogP contribution in [-0.4, -0.2) is 34.4 Å². The first-order chi connectivity index (χ1) is 12.4. The molecule has 0 saturated carbocycles. The average Bonchev–Trinajstić information content (AvgIpc) is 3.07. The van der Waals surface area contributed by atoms with Crippen molar-refractivity contribution >= 4 is 52.5 Å². The monoisotopic (exact) mass is 408 g/mol. The minimum Gasteiger partial charge on any atom is -0.323 e. The van der Waals surface area contributed by atoms with Crippen molar-refractivity contribution in [1.82, 2.24) is 4.90 Å². The number of halogens is 2. The topological polar surface area (TPSA) is 49.4 Å². The van der Waals surface area contributed by atoms with Crippen molar-refractivity contribution in [3.05, 3.63) is 63.1 Å². The molecule has 1 aliphatic rings. The predicted octanol–water partition coefficient (Wildman–Crippen LogP) is 4.76. The summed E-state index contributed by atoms with van der Waals surface area (Å²) in [5, 5.41) is 3.88. The van der Waals surface area contributed by atoms with Crippen molar-refractivity contribution in [2.75, 3.05) is 16.9 Å². The molecule has 1 saturated heterocycles. The molecule has 26 heavy (non-hydrogen) atoms. The predicted molar refractivity (Wildman–Crippen MR) is 108 cm³/mol. The van der Waals surface area contributed by atoms with Crippen molar-refractivity contribution in [1.29, 1.82) is 0 Å². The highest BCUT2D eigenvalue weighted by Gasteiger charge is 2.35. The van der Waals surface area contributed by atoms with Gasteiger partial charge >= 0.3 is 0 Å². The van der Waals surface area contributed by atoms with E-state index in [1.54, 1.807) is 40.9 Å². The Bertz CT molecular complexity index is 849. The van der Waals surface area contributed by atoms with Crippen LogP contribution in [0.1, 0.15) is 21.5 Å². The molecule has 7 heteroatoms. The van der Waals surface area contributed by atoms with Crippen LogP contribution >= 0.6 is 35.0 Å². The van der Waals surface area contributed by atoms with Crippen LogP contribution in [0.5, 0.6) is 0 Å². The second-order valence-corrected chi connectivity index (χ2v) is 8.07. The minimum atomic E-state index is -0.553. The Kier molecular flexibility index (Phi) is 5.80. The van der Waals surface area contributed by atoms with Crippen molar-refractivity contribution < 1.29 is 9.59 Å². The molecule has 1 fully saturated rings. The Morgan fingerprint density at radius 2 is 1.96 bits per heavy atom. The van der Waals surface area contributed by atoms with Gasteiger partial charge in [-0.2, -0.15) is 0 Å². The normalized spacial score (nSPS) is 16.6. The number of carbonyl (C=O) groups excluding carboxylic acids is 2. The molecule has 0 spiro atoms. The van der Waals surface area contributed by atoms with E-state index in [4.69, 9.17) is 23.2 Å². The van der Waals surface area contributed by atoms with Crippen LogP contribution in [0.15, 0.2) is 36.4 Å². The lowest BCUT2D eigenvalue weighted by Crippen LogP contribution is -2.44. The molecule has 1 unspecified atom stereocenters. The molecule has 1 aliphatic heterocycles. The van der Waals surface area contributed by atoms with Crippen molar-refractivity contribution in [2.45, 2.75) is 19.9 Å². The van der Waals surface area contributed by atoms with Gasteiger partial charge < -0.3 is 10.2 Å². The Hall–Kier alpha value is -1.69. The number of thioether (sulfide) groups is 1. The van der Waals surface area contributed by atoms with Crippen LogP contribution in [0.4, 0.5) is 5.69 Å². The zero-order chi connectivity index (χ0) is 18.8. The summed E-state index contributed by atoms with van der Waals surface area (Å²) in [6.07, 6.45) is 0. The molecule has 2 aromatic carbocycles. The number of rotatable bonds is 3. The van der Waals surface area contributed by atoms with E-state index in [2.05, 4.69) is 5.32 Å². The fourth-order valence-corrected chi connectivity index (χ4v) is 4.64. The number of aryl methyl sites for hydroxylation is 2. The minimum absolute atomic E-state index is 0.204. The summed E-state index contributed by atoms with van der Waals surface area (Å²) in [6.45, 7) is 3.84. The van der Waals surface area contributed by atoms with E-state index in [0.717, 1.165) is 11.1 Å². The third-order valence-corrected chi connectivity index (χ3v) is 5.74. The van der Waals surface area contributed by atoms with Gasteiger partial charge in [-0.1, -0.05) is 35.3 Å². The van der Waals surface area contributed by atoms with Gasteiger partial charge in [-0.15, -0.1) is 11.8 Å². The Labute approximate surface area is 166 Å². The first-order valence-electron chi connectivity index (χ1n) is 8.08. The number of nitrogens with zero attached hydrogens (tertiary/aromatic N) is 1. The van der Waals surface area contributed by atoms with Crippen molar-refractivity contribution in [3.8, 4) is 0 Å². The smallest absolute Gasteiger partial charge is 0.255 e. The van der Waals surface area contributed by atoms with Gasteiger partial charge in [0.05, 0.1) is 16.6 Å². The maximum atomic E-state index is 12.8. The van der Waals surface area contributed by atoms with Crippen LogP contribution in [0, 0.1) is 13.8 Å². The Morgan fingerprint density at radius 3 is 2.65 bits per heavy atom. The van der Waals surface area contributed by atoms with E-state index in [1.807, 2.05) is 26.0 Å². The van der Waals surface area contributed by atoms with Gasteiger partial charge in [0.2, 0.25) is 5.91 Å². The van der Waals surface area contributed by atoms with Crippen LogP contribution in [0.2, 0.25) is 10.0 Å². The van der Waals surface area contributed by atoms with Gasteiger partial charge in [0.1, 0.15) is 6.04 Å². The van der Waals surface area contributed by atoms with Gasteiger partial charge in [-0.25, -0.2) is 0 Å². The van der Waals surface area contributed by atoms with Gasteiger partial charge in [0.15, 0.2) is 0 Å². The molecule has 2 amide bonds. The molecule has 0 aromatic heterocycles. The van der Waals surface area contributed by atoms with E-state index in [-0.39, 0.29) is 11.8 Å². The molecule has 2 aromatic rings. The highest BCUT2D eigenvalue weighted by molar-refractivity contribution is 7.99. The lowest BCUT2D eigenvalue weighted by atomic mass is 10.1. The third kappa shape index (κ3) is 4.00. The fourth-order valence-electron chi connectivity index (χ4n) is 2.93. The van der Waals surface area contributed by atoms with Crippen LogP contribution in [0.3, 0.4) is 0 Å².